The Kier molecular flexibility index (Phi) is 7.76. The largest absolute Gasteiger partial charge is 0.493 e. The van der Waals surface area contributed by atoms with Crippen LogP contribution in [0.15, 0.2) is 47.5 Å². The van der Waals surface area contributed by atoms with Crippen LogP contribution in [0.1, 0.15) is 11.6 Å². The van der Waals surface area contributed by atoms with Gasteiger partial charge in [-0.15, -0.1) is 0 Å². The van der Waals surface area contributed by atoms with Crippen LogP contribution in [0.4, 0.5) is 5.69 Å². The number of likely N-dealkylation sites (N-methyl/N-ethyl adjacent to an activating group) is 1. The zero-order valence-corrected chi connectivity index (χ0v) is 17.2. The summed E-state index contributed by atoms with van der Waals surface area (Å²) >= 11 is 6.00. The number of halogens is 1. The molecule has 0 aliphatic rings. The molecule has 0 fully saturated rings. The Hall–Kier alpha value is -2.44. The smallest absolute Gasteiger partial charge is 0.195 e. The van der Waals surface area contributed by atoms with Crippen LogP contribution in [0.3, 0.4) is 0 Å². The number of ether oxygens (including phenoxy) is 2. The highest BCUT2D eigenvalue weighted by Gasteiger charge is 2.15. The summed E-state index contributed by atoms with van der Waals surface area (Å²) in [6, 6.07) is 13.7. The molecule has 146 valence electrons. The van der Waals surface area contributed by atoms with Gasteiger partial charge in [-0.2, -0.15) is 0 Å². The Morgan fingerprint density at radius 2 is 1.74 bits per heavy atom. The van der Waals surface area contributed by atoms with Gasteiger partial charge in [0.25, 0.3) is 0 Å². The fraction of sp³-hybridized carbons (Fsp3) is 0.350. The molecule has 2 N–H and O–H groups in total. The number of anilines is 1. The van der Waals surface area contributed by atoms with Crippen molar-refractivity contribution in [1.29, 1.82) is 0 Å². The van der Waals surface area contributed by atoms with Crippen LogP contribution in [0, 0.1) is 0 Å². The average Bonchev–Trinajstić information content (AvgIpc) is 2.68. The fourth-order valence-corrected chi connectivity index (χ4v) is 2.83. The number of guanidine groups is 1. The van der Waals surface area contributed by atoms with Crippen molar-refractivity contribution in [3.63, 3.8) is 0 Å². The second-order valence-corrected chi connectivity index (χ2v) is 6.62. The molecule has 0 aliphatic carbocycles. The lowest BCUT2D eigenvalue weighted by atomic mass is 10.1. The van der Waals surface area contributed by atoms with Gasteiger partial charge in [0, 0.05) is 30.4 Å². The van der Waals surface area contributed by atoms with Crippen molar-refractivity contribution in [2.45, 2.75) is 6.04 Å². The number of benzene rings is 2. The van der Waals surface area contributed by atoms with Gasteiger partial charge in [0.15, 0.2) is 17.5 Å². The average molecular weight is 391 g/mol. The van der Waals surface area contributed by atoms with Crippen LogP contribution in [0.25, 0.3) is 0 Å². The van der Waals surface area contributed by atoms with E-state index in [1.807, 2.05) is 56.6 Å². The predicted molar refractivity (Wildman–Crippen MR) is 112 cm³/mol. The van der Waals surface area contributed by atoms with Gasteiger partial charge in [0.2, 0.25) is 0 Å². The molecule has 0 saturated heterocycles. The number of methoxy groups -OCH3 is 2. The van der Waals surface area contributed by atoms with E-state index >= 15 is 0 Å². The monoisotopic (exact) mass is 390 g/mol. The molecule has 0 spiro atoms. The molecule has 1 atom stereocenters. The lowest BCUT2D eigenvalue weighted by Crippen LogP contribution is -2.37. The van der Waals surface area contributed by atoms with Gasteiger partial charge in [-0.05, 0) is 43.9 Å². The van der Waals surface area contributed by atoms with Crippen LogP contribution in [-0.4, -0.2) is 52.8 Å². The minimum absolute atomic E-state index is 0.172. The maximum Gasteiger partial charge on any atom is 0.195 e. The van der Waals surface area contributed by atoms with Crippen molar-refractivity contribution >= 4 is 23.2 Å². The van der Waals surface area contributed by atoms with E-state index in [4.69, 9.17) is 21.1 Å². The van der Waals surface area contributed by atoms with Crippen LogP contribution in [0.2, 0.25) is 5.02 Å². The molecule has 0 amide bonds. The summed E-state index contributed by atoms with van der Waals surface area (Å²) in [6.45, 7) is 0.682. The highest BCUT2D eigenvalue weighted by atomic mass is 35.5. The lowest BCUT2D eigenvalue weighted by molar-refractivity contribution is 0.299. The molecule has 0 heterocycles. The van der Waals surface area contributed by atoms with E-state index in [2.05, 4.69) is 20.5 Å². The first-order valence-corrected chi connectivity index (χ1v) is 8.98. The Morgan fingerprint density at radius 3 is 2.30 bits per heavy atom. The minimum Gasteiger partial charge on any atom is -0.493 e. The normalized spacial score (nSPS) is 12.6. The topological polar surface area (TPSA) is 58.1 Å². The second-order valence-electron chi connectivity index (χ2n) is 6.18. The maximum absolute atomic E-state index is 6.00. The molecular weight excluding hydrogens is 364 g/mol. The second kappa shape index (κ2) is 10.0. The van der Waals surface area contributed by atoms with E-state index < -0.39 is 0 Å². The van der Waals surface area contributed by atoms with Crippen molar-refractivity contribution in [2.75, 3.05) is 47.2 Å². The molecule has 0 aliphatic heterocycles. The van der Waals surface area contributed by atoms with Gasteiger partial charge in [-0.25, -0.2) is 0 Å². The summed E-state index contributed by atoms with van der Waals surface area (Å²) in [5.74, 6) is 2.01. The molecule has 0 aromatic heterocycles. The van der Waals surface area contributed by atoms with Gasteiger partial charge in [-0.3, -0.25) is 4.99 Å². The molecule has 7 heteroatoms. The van der Waals surface area contributed by atoms with Crippen molar-refractivity contribution in [1.82, 2.24) is 10.2 Å². The number of hydrogen-bond acceptors (Lipinski definition) is 4. The third kappa shape index (κ3) is 5.77. The number of rotatable bonds is 7. The predicted octanol–water partition coefficient (Wildman–Crippen LogP) is 3.65. The molecule has 6 nitrogen and oxygen atoms in total. The minimum atomic E-state index is 0.172. The van der Waals surface area contributed by atoms with Crippen LogP contribution < -0.4 is 20.1 Å². The lowest BCUT2D eigenvalue weighted by Gasteiger charge is -2.26. The molecule has 0 bridgehead atoms. The van der Waals surface area contributed by atoms with Gasteiger partial charge < -0.3 is 25.0 Å². The maximum atomic E-state index is 6.00. The van der Waals surface area contributed by atoms with Crippen LogP contribution in [0.5, 0.6) is 11.5 Å². The molecular formula is C20H27ClN4O2. The van der Waals surface area contributed by atoms with E-state index in [0.717, 1.165) is 10.7 Å². The van der Waals surface area contributed by atoms with E-state index in [0.29, 0.717) is 24.0 Å². The zero-order chi connectivity index (χ0) is 19.8. The fourth-order valence-electron chi connectivity index (χ4n) is 2.71. The summed E-state index contributed by atoms with van der Waals surface area (Å²) in [4.78, 5) is 6.46. The molecule has 2 aromatic carbocycles. The summed E-state index contributed by atoms with van der Waals surface area (Å²) in [5.41, 5.74) is 2.03. The van der Waals surface area contributed by atoms with Gasteiger partial charge in [-0.1, -0.05) is 23.7 Å². The van der Waals surface area contributed by atoms with Crippen molar-refractivity contribution in [3.8, 4) is 11.5 Å². The highest BCUT2D eigenvalue weighted by Crippen LogP contribution is 2.29. The SMILES string of the molecule is CN=C(NCC(c1ccc(Cl)cc1)N(C)C)Nc1ccc(OC)c(OC)c1. The third-order valence-electron chi connectivity index (χ3n) is 4.21. The summed E-state index contributed by atoms with van der Waals surface area (Å²) < 4.78 is 10.6. The van der Waals surface area contributed by atoms with Gasteiger partial charge >= 0.3 is 0 Å². The summed E-state index contributed by atoms with van der Waals surface area (Å²) in [5, 5.41) is 7.38. The Morgan fingerprint density at radius 1 is 1.07 bits per heavy atom. The highest BCUT2D eigenvalue weighted by molar-refractivity contribution is 6.30. The Labute approximate surface area is 166 Å². The number of nitrogens with zero attached hydrogens (tertiary/aromatic N) is 2. The van der Waals surface area contributed by atoms with Gasteiger partial charge in [0.05, 0.1) is 20.3 Å². The van der Waals surface area contributed by atoms with E-state index in [-0.39, 0.29) is 6.04 Å². The van der Waals surface area contributed by atoms with Crippen LogP contribution >= 0.6 is 11.6 Å². The molecule has 27 heavy (non-hydrogen) atoms. The van der Waals surface area contributed by atoms with E-state index in [1.165, 1.54) is 5.56 Å². The molecule has 1 unspecified atom stereocenters. The quantitative estimate of drug-likeness (QED) is 0.558. The number of nitrogens with one attached hydrogen (secondary N) is 2. The van der Waals surface area contributed by atoms with Crippen LogP contribution in [-0.2, 0) is 0 Å². The van der Waals surface area contributed by atoms with E-state index in [9.17, 15) is 0 Å². The molecule has 2 rings (SSSR count). The summed E-state index contributed by atoms with van der Waals surface area (Å²) in [6.07, 6.45) is 0. The van der Waals surface area contributed by atoms with Gasteiger partial charge in [0.1, 0.15) is 0 Å². The Bertz CT molecular complexity index is 763. The first-order chi connectivity index (χ1) is 13.0. The third-order valence-corrected chi connectivity index (χ3v) is 4.46. The molecule has 0 radical (unpaired) electrons. The number of aliphatic imine (C=N–C) groups is 1. The zero-order valence-electron chi connectivity index (χ0n) is 16.4. The summed E-state index contributed by atoms with van der Waals surface area (Å²) in [7, 11) is 9.06. The first-order valence-electron chi connectivity index (χ1n) is 8.60. The van der Waals surface area contributed by atoms with Crippen molar-refractivity contribution in [2.24, 2.45) is 4.99 Å². The van der Waals surface area contributed by atoms with Crippen molar-refractivity contribution < 1.29 is 9.47 Å². The number of hydrogen-bond donors (Lipinski definition) is 2. The Balaban J connectivity index is 2.06. The standard InChI is InChI=1S/C20H27ClN4O2/c1-22-20(24-16-10-11-18(26-4)19(12-16)27-5)23-13-17(25(2)3)14-6-8-15(21)9-7-14/h6-12,17H,13H2,1-5H3,(H2,22,23,24). The molecule has 2 aromatic rings. The molecule has 0 saturated carbocycles. The van der Waals surface area contributed by atoms with E-state index in [1.54, 1.807) is 21.3 Å². The van der Waals surface area contributed by atoms with Crippen molar-refractivity contribution in [3.05, 3.63) is 53.1 Å². The first kappa shape index (κ1) is 20.9.